The lowest BCUT2D eigenvalue weighted by atomic mass is 10.1. The highest BCUT2D eigenvalue weighted by molar-refractivity contribution is 5.91. The van der Waals surface area contributed by atoms with E-state index in [1.54, 1.807) is 11.0 Å². The van der Waals surface area contributed by atoms with E-state index in [1.165, 1.54) is 6.39 Å². The number of anilines is 1. The smallest absolute Gasteiger partial charge is 0.322 e. The Morgan fingerprint density at radius 3 is 2.77 bits per heavy atom. The maximum atomic E-state index is 12.8. The Morgan fingerprint density at radius 1 is 1.27 bits per heavy atom. The molecular formula is C20H20N4O2. The van der Waals surface area contributed by atoms with Gasteiger partial charge in [-0.1, -0.05) is 42.5 Å². The molecule has 26 heavy (non-hydrogen) atoms. The SMILES string of the molecule is C=CCN(Cc1ccccc1)C(=O)Nc1cc(-c2nnco2)ccc1C. The zero-order chi connectivity index (χ0) is 18.4. The normalized spacial score (nSPS) is 10.3. The lowest BCUT2D eigenvalue weighted by Gasteiger charge is -2.22. The molecule has 0 unspecified atom stereocenters. The molecule has 0 saturated carbocycles. The summed E-state index contributed by atoms with van der Waals surface area (Å²) in [4.78, 5) is 14.5. The minimum absolute atomic E-state index is 0.195. The molecular weight excluding hydrogens is 328 g/mol. The van der Waals surface area contributed by atoms with Crippen molar-refractivity contribution in [3.63, 3.8) is 0 Å². The number of rotatable bonds is 6. The van der Waals surface area contributed by atoms with E-state index in [2.05, 4.69) is 22.1 Å². The van der Waals surface area contributed by atoms with Crippen molar-refractivity contribution < 1.29 is 9.21 Å². The van der Waals surface area contributed by atoms with Gasteiger partial charge in [0.05, 0.1) is 0 Å². The van der Waals surface area contributed by atoms with Crippen molar-refractivity contribution in [3.05, 3.63) is 78.7 Å². The van der Waals surface area contributed by atoms with Gasteiger partial charge in [0.2, 0.25) is 12.3 Å². The van der Waals surface area contributed by atoms with Gasteiger partial charge in [-0.3, -0.25) is 0 Å². The summed E-state index contributed by atoms with van der Waals surface area (Å²) in [5.74, 6) is 0.410. The summed E-state index contributed by atoms with van der Waals surface area (Å²) in [6.45, 7) is 6.63. The van der Waals surface area contributed by atoms with E-state index in [-0.39, 0.29) is 6.03 Å². The highest BCUT2D eigenvalue weighted by Crippen LogP contribution is 2.24. The van der Waals surface area contributed by atoms with Crippen molar-refractivity contribution >= 4 is 11.7 Å². The van der Waals surface area contributed by atoms with Crippen LogP contribution in [0.2, 0.25) is 0 Å². The maximum absolute atomic E-state index is 12.8. The van der Waals surface area contributed by atoms with Gasteiger partial charge in [0.25, 0.3) is 0 Å². The van der Waals surface area contributed by atoms with Gasteiger partial charge in [0, 0.05) is 24.3 Å². The average molecular weight is 348 g/mol. The highest BCUT2D eigenvalue weighted by Gasteiger charge is 2.15. The second kappa shape index (κ2) is 8.11. The van der Waals surface area contributed by atoms with Crippen LogP contribution < -0.4 is 5.32 Å². The van der Waals surface area contributed by atoms with Crippen LogP contribution in [0.25, 0.3) is 11.5 Å². The predicted molar refractivity (Wildman–Crippen MR) is 101 cm³/mol. The molecule has 0 radical (unpaired) electrons. The summed E-state index contributed by atoms with van der Waals surface area (Å²) in [5, 5.41) is 10.6. The Kier molecular flexibility index (Phi) is 5.43. The average Bonchev–Trinajstić information content (AvgIpc) is 3.19. The molecule has 132 valence electrons. The van der Waals surface area contributed by atoms with Crippen LogP contribution in [0.15, 0.2) is 72.0 Å². The van der Waals surface area contributed by atoms with E-state index in [0.717, 1.165) is 16.7 Å². The predicted octanol–water partition coefficient (Wildman–Crippen LogP) is 4.27. The first kappa shape index (κ1) is 17.4. The summed E-state index contributed by atoms with van der Waals surface area (Å²) in [5.41, 5.74) is 3.45. The first-order chi connectivity index (χ1) is 12.7. The van der Waals surface area contributed by atoms with Crippen LogP contribution >= 0.6 is 0 Å². The molecule has 0 saturated heterocycles. The lowest BCUT2D eigenvalue weighted by molar-refractivity contribution is 0.215. The molecule has 0 atom stereocenters. The van der Waals surface area contributed by atoms with Crippen LogP contribution in [0.5, 0.6) is 0 Å². The maximum Gasteiger partial charge on any atom is 0.322 e. The second-order valence-corrected chi connectivity index (χ2v) is 5.86. The number of carbonyl (C=O) groups is 1. The van der Waals surface area contributed by atoms with E-state index in [0.29, 0.717) is 24.7 Å². The fourth-order valence-corrected chi connectivity index (χ4v) is 2.56. The fourth-order valence-electron chi connectivity index (χ4n) is 2.56. The molecule has 1 N–H and O–H groups in total. The number of urea groups is 1. The third kappa shape index (κ3) is 4.16. The van der Waals surface area contributed by atoms with E-state index in [1.807, 2.05) is 55.5 Å². The van der Waals surface area contributed by atoms with Crippen LogP contribution in [-0.2, 0) is 6.54 Å². The first-order valence-corrected chi connectivity index (χ1v) is 8.25. The number of aromatic nitrogens is 2. The summed E-state index contributed by atoms with van der Waals surface area (Å²) in [7, 11) is 0. The van der Waals surface area contributed by atoms with Crippen LogP contribution in [0.4, 0.5) is 10.5 Å². The molecule has 6 heteroatoms. The van der Waals surface area contributed by atoms with Crippen LogP contribution in [0.1, 0.15) is 11.1 Å². The van der Waals surface area contributed by atoms with Gasteiger partial charge in [0.1, 0.15) is 0 Å². The number of aryl methyl sites for hydroxylation is 1. The zero-order valence-corrected chi connectivity index (χ0v) is 14.6. The lowest BCUT2D eigenvalue weighted by Crippen LogP contribution is -2.34. The number of hydrogen-bond acceptors (Lipinski definition) is 4. The summed E-state index contributed by atoms with van der Waals surface area (Å²) >= 11 is 0. The van der Waals surface area contributed by atoms with Crippen LogP contribution in [-0.4, -0.2) is 27.7 Å². The van der Waals surface area contributed by atoms with Gasteiger partial charge in [-0.25, -0.2) is 4.79 Å². The second-order valence-electron chi connectivity index (χ2n) is 5.86. The summed E-state index contributed by atoms with van der Waals surface area (Å²) < 4.78 is 5.23. The highest BCUT2D eigenvalue weighted by atomic mass is 16.4. The third-order valence-corrected chi connectivity index (χ3v) is 3.94. The van der Waals surface area contributed by atoms with Gasteiger partial charge in [-0.2, -0.15) is 0 Å². The van der Waals surface area contributed by atoms with Crippen molar-refractivity contribution in [2.75, 3.05) is 11.9 Å². The molecule has 6 nitrogen and oxygen atoms in total. The fraction of sp³-hybridized carbons (Fsp3) is 0.150. The molecule has 0 spiro atoms. The van der Waals surface area contributed by atoms with Crippen molar-refractivity contribution in [2.24, 2.45) is 0 Å². The number of amides is 2. The zero-order valence-electron chi connectivity index (χ0n) is 14.6. The minimum atomic E-state index is -0.195. The largest absolute Gasteiger partial charge is 0.423 e. The van der Waals surface area contributed by atoms with Crippen molar-refractivity contribution in [1.29, 1.82) is 0 Å². The van der Waals surface area contributed by atoms with Gasteiger partial charge in [-0.15, -0.1) is 16.8 Å². The van der Waals surface area contributed by atoms with Gasteiger partial charge in [-0.05, 0) is 30.2 Å². The van der Waals surface area contributed by atoms with Crippen molar-refractivity contribution in [2.45, 2.75) is 13.5 Å². The molecule has 2 amide bonds. The summed E-state index contributed by atoms with van der Waals surface area (Å²) in [6.07, 6.45) is 2.99. The third-order valence-electron chi connectivity index (χ3n) is 3.94. The molecule has 1 heterocycles. The van der Waals surface area contributed by atoms with Gasteiger partial charge < -0.3 is 14.6 Å². The standard InChI is InChI=1S/C20H20N4O2/c1-3-11-24(13-16-7-5-4-6-8-16)20(25)22-18-12-17(10-9-15(18)2)19-23-21-14-26-19/h3-10,12,14H,1,11,13H2,2H3,(H,22,25). The number of hydrogen-bond donors (Lipinski definition) is 1. The number of nitrogens with zero attached hydrogens (tertiary/aromatic N) is 3. The molecule has 0 bridgehead atoms. The minimum Gasteiger partial charge on any atom is -0.423 e. The van der Waals surface area contributed by atoms with Crippen LogP contribution in [0, 0.1) is 6.92 Å². The van der Waals surface area contributed by atoms with E-state index in [4.69, 9.17) is 4.42 Å². The molecule has 0 aliphatic heterocycles. The molecule has 0 aliphatic carbocycles. The number of carbonyl (C=O) groups excluding carboxylic acids is 1. The first-order valence-electron chi connectivity index (χ1n) is 8.25. The Labute approximate surface area is 152 Å². The molecule has 3 aromatic rings. The Balaban J connectivity index is 1.78. The van der Waals surface area contributed by atoms with Crippen molar-refractivity contribution in [1.82, 2.24) is 15.1 Å². The molecule has 3 rings (SSSR count). The van der Waals surface area contributed by atoms with Gasteiger partial charge in [0.15, 0.2) is 0 Å². The van der Waals surface area contributed by atoms with Crippen LogP contribution in [0.3, 0.4) is 0 Å². The molecule has 1 aromatic heterocycles. The molecule has 0 aliphatic rings. The number of benzene rings is 2. The van der Waals surface area contributed by atoms with Gasteiger partial charge >= 0.3 is 6.03 Å². The monoisotopic (exact) mass is 348 g/mol. The van der Waals surface area contributed by atoms with E-state index < -0.39 is 0 Å². The Bertz CT molecular complexity index is 876. The molecule has 0 fully saturated rings. The quantitative estimate of drug-likeness (QED) is 0.676. The van der Waals surface area contributed by atoms with E-state index >= 15 is 0 Å². The Hall–Kier alpha value is -3.41. The Morgan fingerprint density at radius 2 is 2.08 bits per heavy atom. The molecule has 2 aromatic carbocycles. The number of nitrogens with one attached hydrogen (secondary N) is 1. The van der Waals surface area contributed by atoms with Crippen molar-refractivity contribution in [3.8, 4) is 11.5 Å². The summed E-state index contributed by atoms with van der Waals surface area (Å²) in [6, 6.07) is 15.3. The van der Waals surface area contributed by atoms with E-state index in [9.17, 15) is 4.79 Å². The topological polar surface area (TPSA) is 71.3 Å².